The Morgan fingerprint density at radius 2 is 1.79 bits per heavy atom. The van der Waals surface area contributed by atoms with Crippen LogP contribution in [0.1, 0.15) is 33.6 Å². The molecular weight excluding hydrogens is 262 g/mol. The quantitative estimate of drug-likeness (QED) is 0.807. The summed E-state index contributed by atoms with van der Waals surface area (Å²) in [7, 11) is -3.15. The molecule has 108 valence electrons. The van der Waals surface area contributed by atoms with Gasteiger partial charge in [-0.25, -0.2) is 8.42 Å². The molecule has 0 fully saturated rings. The van der Waals surface area contributed by atoms with Gasteiger partial charge in [-0.05, 0) is 44.0 Å². The highest BCUT2D eigenvalue weighted by molar-refractivity contribution is 7.91. The molecule has 4 nitrogen and oxygen atoms in total. The Balaban J connectivity index is 2.72. The van der Waals surface area contributed by atoms with Crippen LogP contribution in [0.15, 0.2) is 29.2 Å². The van der Waals surface area contributed by atoms with Gasteiger partial charge in [-0.2, -0.15) is 0 Å². The number of hydrogen-bond donors (Lipinski definition) is 2. The molecule has 0 heterocycles. The molecule has 0 aliphatic heterocycles. The summed E-state index contributed by atoms with van der Waals surface area (Å²) in [6, 6.07) is 6.67. The summed E-state index contributed by atoms with van der Waals surface area (Å²) >= 11 is 0. The zero-order chi connectivity index (χ0) is 14.5. The lowest BCUT2D eigenvalue weighted by atomic mass is 10.0. The van der Waals surface area contributed by atoms with E-state index in [9.17, 15) is 13.5 Å². The summed E-state index contributed by atoms with van der Waals surface area (Å²) < 4.78 is 23.7. The molecule has 0 saturated carbocycles. The Kier molecular flexibility index (Phi) is 5.38. The van der Waals surface area contributed by atoms with Crippen molar-refractivity contribution in [3.8, 4) is 0 Å². The van der Waals surface area contributed by atoms with Crippen LogP contribution in [0.5, 0.6) is 0 Å². The summed E-state index contributed by atoms with van der Waals surface area (Å²) in [5.41, 5.74) is 0.0524. The summed E-state index contributed by atoms with van der Waals surface area (Å²) in [6.07, 6.45) is 1.27. The molecule has 0 saturated heterocycles. The van der Waals surface area contributed by atoms with Crippen LogP contribution in [-0.4, -0.2) is 31.4 Å². The smallest absolute Gasteiger partial charge is 0.178 e. The molecule has 1 rings (SSSR count). The Bertz CT molecular complexity index is 492. The van der Waals surface area contributed by atoms with Crippen molar-refractivity contribution in [2.24, 2.45) is 0 Å². The van der Waals surface area contributed by atoms with Crippen LogP contribution >= 0.6 is 0 Å². The number of aliphatic hydroxyl groups is 1. The van der Waals surface area contributed by atoms with Gasteiger partial charge in [0.2, 0.25) is 0 Å². The van der Waals surface area contributed by atoms with Gasteiger partial charge in [-0.1, -0.05) is 13.8 Å². The molecule has 0 spiro atoms. The van der Waals surface area contributed by atoms with E-state index < -0.39 is 15.4 Å². The summed E-state index contributed by atoms with van der Waals surface area (Å²) in [4.78, 5) is 0.349. The van der Waals surface area contributed by atoms with Crippen LogP contribution in [0, 0.1) is 0 Å². The topological polar surface area (TPSA) is 66.4 Å². The van der Waals surface area contributed by atoms with Crippen LogP contribution in [0.3, 0.4) is 0 Å². The van der Waals surface area contributed by atoms with E-state index in [-0.39, 0.29) is 5.75 Å². The molecular formula is C14H23NO3S. The van der Waals surface area contributed by atoms with Crippen LogP contribution in [0.2, 0.25) is 0 Å². The fraction of sp³-hybridized carbons (Fsp3) is 0.571. The van der Waals surface area contributed by atoms with E-state index in [1.165, 1.54) is 0 Å². The van der Waals surface area contributed by atoms with Crippen molar-refractivity contribution >= 4 is 15.5 Å². The van der Waals surface area contributed by atoms with Gasteiger partial charge in [-0.3, -0.25) is 0 Å². The Labute approximate surface area is 115 Å². The molecule has 1 aromatic rings. The van der Waals surface area contributed by atoms with Crippen molar-refractivity contribution in [1.82, 2.24) is 0 Å². The number of nitrogens with one attached hydrogen (secondary N) is 1. The summed E-state index contributed by atoms with van der Waals surface area (Å²) in [5.74, 6) is 0.171. The van der Waals surface area contributed by atoms with Gasteiger partial charge in [0.25, 0.3) is 0 Å². The highest BCUT2D eigenvalue weighted by Gasteiger charge is 2.17. The maximum Gasteiger partial charge on any atom is 0.178 e. The SMILES string of the molecule is CCCS(=O)(=O)c1ccc(NCC(C)(O)CC)cc1. The van der Waals surface area contributed by atoms with Crippen LogP contribution in [-0.2, 0) is 9.84 Å². The minimum atomic E-state index is -3.15. The van der Waals surface area contributed by atoms with Gasteiger partial charge in [0.15, 0.2) is 9.84 Å². The van der Waals surface area contributed by atoms with Crippen LogP contribution in [0.4, 0.5) is 5.69 Å². The first-order valence-electron chi connectivity index (χ1n) is 6.60. The van der Waals surface area contributed by atoms with Gasteiger partial charge in [0, 0.05) is 12.2 Å². The first kappa shape index (κ1) is 16.0. The zero-order valence-electron chi connectivity index (χ0n) is 11.8. The van der Waals surface area contributed by atoms with Gasteiger partial charge >= 0.3 is 0 Å². The maximum absolute atomic E-state index is 11.8. The molecule has 0 amide bonds. The lowest BCUT2D eigenvalue weighted by Gasteiger charge is -2.22. The molecule has 0 bridgehead atoms. The monoisotopic (exact) mass is 285 g/mol. The molecule has 19 heavy (non-hydrogen) atoms. The van der Waals surface area contributed by atoms with Crippen molar-refractivity contribution in [2.75, 3.05) is 17.6 Å². The average molecular weight is 285 g/mol. The predicted octanol–water partition coefficient (Wildman–Crippen LogP) is 2.44. The van der Waals surface area contributed by atoms with E-state index in [1.807, 2.05) is 13.8 Å². The third kappa shape index (κ3) is 4.84. The van der Waals surface area contributed by atoms with Crippen molar-refractivity contribution in [2.45, 2.75) is 44.1 Å². The lowest BCUT2D eigenvalue weighted by Crippen LogP contribution is -2.32. The summed E-state index contributed by atoms with van der Waals surface area (Å²) in [5, 5.41) is 13.0. The van der Waals surface area contributed by atoms with E-state index >= 15 is 0 Å². The van der Waals surface area contributed by atoms with Crippen molar-refractivity contribution in [1.29, 1.82) is 0 Å². The largest absolute Gasteiger partial charge is 0.388 e. The van der Waals surface area contributed by atoms with Gasteiger partial charge in [-0.15, -0.1) is 0 Å². The molecule has 1 unspecified atom stereocenters. The number of rotatable bonds is 7. The maximum atomic E-state index is 11.8. The lowest BCUT2D eigenvalue weighted by molar-refractivity contribution is 0.0697. The fourth-order valence-corrected chi connectivity index (χ4v) is 2.91. The molecule has 0 radical (unpaired) electrons. The van der Waals surface area contributed by atoms with Crippen LogP contribution < -0.4 is 5.32 Å². The first-order valence-corrected chi connectivity index (χ1v) is 8.25. The van der Waals surface area contributed by atoms with E-state index in [0.717, 1.165) is 5.69 Å². The standard InChI is InChI=1S/C14H23NO3S/c1-4-10-19(17,18)13-8-6-12(7-9-13)15-11-14(3,16)5-2/h6-9,15-16H,4-5,10-11H2,1-3H3. The molecule has 2 N–H and O–H groups in total. The number of anilines is 1. The predicted molar refractivity (Wildman–Crippen MR) is 78.2 cm³/mol. The Hall–Kier alpha value is -1.07. The molecule has 1 aromatic carbocycles. The van der Waals surface area contributed by atoms with E-state index in [4.69, 9.17) is 0 Å². The minimum Gasteiger partial charge on any atom is -0.388 e. The van der Waals surface area contributed by atoms with E-state index in [2.05, 4.69) is 5.32 Å². The Morgan fingerprint density at radius 1 is 1.21 bits per heavy atom. The molecule has 1 atom stereocenters. The number of benzene rings is 1. The second kappa shape index (κ2) is 6.39. The van der Waals surface area contributed by atoms with Crippen molar-refractivity contribution in [3.63, 3.8) is 0 Å². The molecule has 0 aliphatic rings. The van der Waals surface area contributed by atoms with E-state index in [0.29, 0.717) is 24.3 Å². The highest BCUT2D eigenvalue weighted by atomic mass is 32.2. The fourth-order valence-electron chi connectivity index (χ4n) is 1.58. The molecule has 0 aromatic heterocycles. The zero-order valence-corrected chi connectivity index (χ0v) is 12.6. The molecule has 0 aliphatic carbocycles. The highest BCUT2D eigenvalue weighted by Crippen LogP contribution is 2.17. The first-order chi connectivity index (χ1) is 8.80. The number of hydrogen-bond acceptors (Lipinski definition) is 4. The van der Waals surface area contributed by atoms with Gasteiger partial charge < -0.3 is 10.4 Å². The van der Waals surface area contributed by atoms with Gasteiger partial charge in [0.1, 0.15) is 0 Å². The third-order valence-corrected chi connectivity index (χ3v) is 5.06. The third-order valence-electron chi connectivity index (χ3n) is 3.12. The normalized spacial score (nSPS) is 14.9. The Morgan fingerprint density at radius 3 is 2.26 bits per heavy atom. The van der Waals surface area contributed by atoms with E-state index in [1.54, 1.807) is 31.2 Å². The van der Waals surface area contributed by atoms with Crippen LogP contribution in [0.25, 0.3) is 0 Å². The minimum absolute atomic E-state index is 0.171. The second-order valence-corrected chi connectivity index (χ2v) is 7.16. The second-order valence-electron chi connectivity index (χ2n) is 5.05. The number of sulfone groups is 1. The van der Waals surface area contributed by atoms with Crippen molar-refractivity contribution < 1.29 is 13.5 Å². The van der Waals surface area contributed by atoms with Gasteiger partial charge in [0.05, 0.1) is 16.2 Å². The molecule has 5 heteroatoms. The summed E-state index contributed by atoms with van der Waals surface area (Å²) in [6.45, 7) is 5.97. The average Bonchev–Trinajstić information content (AvgIpc) is 2.37. The van der Waals surface area contributed by atoms with Crippen molar-refractivity contribution in [3.05, 3.63) is 24.3 Å².